The van der Waals surface area contributed by atoms with Crippen molar-refractivity contribution in [2.75, 3.05) is 14.2 Å². The Labute approximate surface area is 122 Å². The van der Waals surface area contributed by atoms with Crippen molar-refractivity contribution in [2.45, 2.75) is 0 Å². The number of rotatable bonds is 3. The monoisotopic (exact) mass is 282 g/mol. The molecule has 0 spiro atoms. The first-order valence-corrected chi connectivity index (χ1v) is 6.44. The van der Waals surface area contributed by atoms with E-state index in [0.717, 1.165) is 10.3 Å². The first-order valence-electron chi connectivity index (χ1n) is 6.44. The summed E-state index contributed by atoms with van der Waals surface area (Å²) in [6.07, 6.45) is 1.46. The van der Waals surface area contributed by atoms with Gasteiger partial charge in [0, 0.05) is 11.6 Å². The Bertz CT molecular complexity index is 788. The lowest BCUT2D eigenvalue weighted by atomic mass is 10.1. The van der Waals surface area contributed by atoms with Crippen LogP contribution in [-0.4, -0.2) is 19.2 Å². The molecule has 5 heteroatoms. The largest absolute Gasteiger partial charge is 0.618 e. The summed E-state index contributed by atoms with van der Waals surface area (Å²) in [6.45, 7) is 0. The molecule has 0 fully saturated rings. The third-order valence-electron chi connectivity index (χ3n) is 3.27. The van der Waals surface area contributed by atoms with Gasteiger partial charge in [0.2, 0.25) is 11.7 Å². The van der Waals surface area contributed by atoms with E-state index in [4.69, 9.17) is 9.47 Å². The fourth-order valence-electron chi connectivity index (χ4n) is 2.21. The summed E-state index contributed by atoms with van der Waals surface area (Å²) in [7, 11) is 3.08. The lowest BCUT2D eigenvalue weighted by Crippen LogP contribution is -2.27. The zero-order valence-corrected chi connectivity index (χ0v) is 11.7. The van der Waals surface area contributed by atoms with Crippen molar-refractivity contribution < 1.29 is 14.2 Å². The molecule has 106 valence electrons. The molecule has 3 aromatic rings. The number of hydrogen-bond acceptors (Lipinski definition) is 4. The molecule has 0 aliphatic heterocycles. The molecule has 0 radical (unpaired) electrons. The van der Waals surface area contributed by atoms with Gasteiger partial charge in [-0.1, -0.05) is 30.3 Å². The molecule has 2 aromatic carbocycles. The lowest BCUT2D eigenvalue weighted by molar-refractivity contribution is -0.576. The van der Waals surface area contributed by atoms with E-state index in [2.05, 4.69) is 4.98 Å². The van der Waals surface area contributed by atoms with Gasteiger partial charge in [-0.2, -0.15) is 4.73 Å². The van der Waals surface area contributed by atoms with E-state index in [-0.39, 0.29) is 0 Å². The number of benzene rings is 2. The Morgan fingerprint density at radius 1 is 1.00 bits per heavy atom. The van der Waals surface area contributed by atoms with Crippen LogP contribution in [0.1, 0.15) is 0 Å². The molecule has 0 saturated carbocycles. The summed E-state index contributed by atoms with van der Waals surface area (Å²) in [4.78, 5) is 4.53. The molecule has 21 heavy (non-hydrogen) atoms. The van der Waals surface area contributed by atoms with Gasteiger partial charge in [0.1, 0.15) is 11.2 Å². The van der Waals surface area contributed by atoms with E-state index in [1.54, 1.807) is 19.2 Å². The zero-order valence-electron chi connectivity index (χ0n) is 11.7. The minimum atomic E-state index is 0.437. The molecule has 1 aromatic heterocycles. The van der Waals surface area contributed by atoms with Crippen molar-refractivity contribution in [1.29, 1.82) is 0 Å². The van der Waals surface area contributed by atoms with Crippen molar-refractivity contribution in [1.82, 2.24) is 4.98 Å². The smallest absolute Gasteiger partial charge is 0.246 e. The topological polar surface area (TPSA) is 58.3 Å². The molecule has 0 aliphatic carbocycles. The molecule has 5 nitrogen and oxygen atoms in total. The fraction of sp³-hybridized carbons (Fsp3) is 0.125. The predicted molar refractivity (Wildman–Crippen MR) is 79.2 cm³/mol. The van der Waals surface area contributed by atoms with Gasteiger partial charge in [0.15, 0.2) is 11.5 Å². The Hall–Kier alpha value is -2.82. The van der Waals surface area contributed by atoms with Crippen LogP contribution < -0.4 is 14.2 Å². The lowest BCUT2D eigenvalue weighted by Gasteiger charge is -2.10. The van der Waals surface area contributed by atoms with Crippen molar-refractivity contribution in [3.8, 4) is 22.8 Å². The summed E-state index contributed by atoms with van der Waals surface area (Å²) in [5.41, 5.74) is 2.50. The van der Waals surface area contributed by atoms with Gasteiger partial charge in [-0.05, 0) is 0 Å². The molecule has 3 rings (SSSR count). The van der Waals surface area contributed by atoms with Crippen LogP contribution >= 0.6 is 0 Å². The highest BCUT2D eigenvalue weighted by Gasteiger charge is 2.15. The van der Waals surface area contributed by atoms with Crippen LogP contribution in [0.4, 0.5) is 0 Å². The van der Waals surface area contributed by atoms with Gasteiger partial charge in [0.05, 0.1) is 20.3 Å². The molecule has 0 N–H and O–H groups in total. The quantitative estimate of drug-likeness (QED) is 0.547. The molecule has 0 atom stereocenters. The summed E-state index contributed by atoms with van der Waals surface area (Å²) in [5, 5.41) is 12.2. The average molecular weight is 282 g/mol. The van der Waals surface area contributed by atoms with Crippen LogP contribution in [0.15, 0.2) is 48.7 Å². The number of methoxy groups -OCH3 is 2. The molecule has 0 bridgehead atoms. The first-order chi connectivity index (χ1) is 10.2. The minimum absolute atomic E-state index is 0.437. The first kappa shape index (κ1) is 13.2. The van der Waals surface area contributed by atoms with E-state index in [1.807, 2.05) is 30.3 Å². The van der Waals surface area contributed by atoms with Crippen LogP contribution in [0.2, 0.25) is 0 Å². The zero-order chi connectivity index (χ0) is 14.8. The van der Waals surface area contributed by atoms with Gasteiger partial charge in [0.25, 0.3) is 0 Å². The van der Waals surface area contributed by atoms with Crippen molar-refractivity contribution in [3.05, 3.63) is 53.9 Å². The highest BCUT2D eigenvalue weighted by Crippen LogP contribution is 2.30. The maximum atomic E-state index is 12.2. The minimum Gasteiger partial charge on any atom is -0.618 e. The Kier molecular flexibility index (Phi) is 3.31. The summed E-state index contributed by atoms with van der Waals surface area (Å²) in [5.74, 6) is 1.05. The van der Waals surface area contributed by atoms with E-state index in [1.165, 1.54) is 13.3 Å². The van der Waals surface area contributed by atoms with Gasteiger partial charge >= 0.3 is 0 Å². The number of fused-ring (bicyclic) bond motifs is 1. The van der Waals surface area contributed by atoms with Crippen LogP contribution in [0, 0.1) is 5.21 Å². The van der Waals surface area contributed by atoms with Gasteiger partial charge in [-0.3, -0.25) is 0 Å². The summed E-state index contributed by atoms with van der Waals surface area (Å²) < 4.78 is 11.3. The van der Waals surface area contributed by atoms with Crippen molar-refractivity contribution >= 4 is 11.0 Å². The molecular weight excluding hydrogens is 268 g/mol. The molecule has 0 saturated heterocycles. The van der Waals surface area contributed by atoms with Crippen LogP contribution in [0.5, 0.6) is 11.5 Å². The van der Waals surface area contributed by atoms with Crippen molar-refractivity contribution in [2.24, 2.45) is 0 Å². The second-order valence-corrected chi connectivity index (χ2v) is 4.51. The molecule has 0 aliphatic rings. The molecule has 0 unspecified atom stereocenters. The highest BCUT2D eigenvalue weighted by atomic mass is 16.5. The maximum absolute atomic E-state index is 12.2. The van der Waals surface area contributed by atoms with Gasteiger partial charge in [-0.15, -0.1) is 0 Å². The fourth-order valence-corrected chi connectivity index (χ4v) is 2.21. The number of aromatic nitrogens is 2. The van der Waals surface area contributed by atoms with E-state index < -0.39 is 0 Å². The van der Waals surface area contributed by atoms with E-state index in [9.17, 15) is 5.21 Å². The van der Waals surface area contributed by atoms with Crippen LogP contribution in [-0.2, 0) is 0 Å². The average Bonchev–Trinajstić information content (AvgIpc) is 2.54. The van der Waals surface area contributed by atoms with E-state index >= 15 is 0 Å². The number of hydrogen-bond donors (Lipinski definition) is 0. The Morgan fingerprint density at radius 2 is 1.67 bits per heavy atom. The second-order valence-electron chi connectivity index (χ2n) is 4.51. The molecular formula is C16H14N2O3. The third kappa shape index (κ3) is 2.33. The van der Waals surface area contributed by atoms with Crippen molar-refractivity contribution in [3.63, 3.8) is 0 Å². The van der Waals surface area contributed by atoms with Gasteiger partial charge < -0.3 is 14.7 Å². The van der Waals surface area contributed by atoms with E-state index in [0.29, 0.717) is 28.2 Å². The summed E-state index contributed by atoms with van der Waals surface area (Å²) >= 11 is 0. The Balaban J connectivity index is 2.24. The van der Waals surface area contributed by atoms with Gasteiger partial charge in [-0.25, -0.2) is 4.98 Å². The SMILES string of the molecule is COc1cc2nc(-c3ccccc3)c[n+]([O-])c2cc1OC. The highest BCUT2D eigenvalue weighted by molar-refractivity contribution is 5.78. The Morgan fingerprint density at radius 3 is 2.33 bits per heavy atom. The normalized spacial score (nSPS) is 10.6. The predicted octanol–water partition coefficient (Wildman–Crippen LogP) is 2.55. The molecule has 1 heterocycles. The van der Waals surface area contributed by atoms with Crippen LogP contribution in [0.25, 0.3) is 22.3 Å². The summed E-state index contributed by atoms with van der Waals surface area (Å²) in [6, 6.07) is 12.9. The maximum Gasteiger partial charge on any atom is 0.246 e. The standard InChI is InChI=1S/C16H14N2O3/c1-20-15-8-12-14(9-16(15)21-2)18(19)10-13(17-12)11-6-4-3-5-7-11/h3-10H,1-2H3. The number of ether oxygens (including phenoxy) is 2. The number of nitrogens with zero attached hydrogens (tertiary/aromatic N) is 2. The molecule has 0 amide bonds. The third-order valence-corrected chi connectivity index (χ3v) is 3.27. The van der Waals surface area contributed by atoms with Crippen LogP contribution in [0.3, 0.4) is 0 Å². The second kappa shape index (κ2) is 5.28.